The molecule has 1 fully saturated rings. The van der Waals surface area contributed by atoms with Crippen molar-refractivity contribution in [2.45, 2.75) is 18.9 Å². The van der Waals surface area contributed by atoms with Crippen LogP contribution in [0.5, 0.6) is 0 Å². The number of rotatable bonds is 6. The van der Waals surface area contributed by atoms with Crippen LogP contribution in [0.4, 0.5) is 5.82 Å². The predicted octanol–water partition coefficient (Wildman–Crippen LogP) is 3.91. The molecule has 1 saturated heterocycles. The van der Waals surface area contributed by atoms with E-state index in [1.807, 2.05) is 24.3 Å². The van der Waals surface area contributed by atoms with E-state index in [2.05, 4.69) is 46.0 Å². The van der Waals surface area contributed by atoms with Crippen LogP contribution in [0.25, 0.3) is 11.3 Å². The highest BCUT2D eigenvalue weighted by molar-refractivity contribution is 6.42. The van der Waals surface area contributed by atoms with Gasteiger partial charge in [0, 0.05) is 37.8 Å². The van der Waals surface area contributed by atoms with Gasteiger partial charge >= 0.3 is 0 Å². The zero-order valence-electron chi connectivity index (χ0n) is 16.2. The molecule has 0 radical (unpaired) electrons. The summed E-state index contributed by atoms with van der Waals surface area (Å²) in [7, 11) is 6.48. The van der Waals surface area contributed by atoms with E-state index in [4.69, 9.17) is 23.2 Å². The summed E-state index contributed by atoms with van der Waals surface area (Å²) in [6.45, 7) is 4.23. The van der Waals surface area contributed by atoms with E-state index in [9.17, 15) is 0 Å². The van der Waals surface area contributed by atoms with Gasteiger partial charge in [-0.25, -0.2) is 0 Å². The van der Waals surface area contributed by atoms with Crippen LogP contribution in [0.1, 0.15) is 12.8 Å². The van der Waals surface area contributed by atoms with Crippen molar-refractivity contribution in [3.8, 4) is 11.3 Å². The van der Waals surface area contributed by atoms with Gasteiger partial charge in [0.1, 0.15) is 0 Å². The van der Waals surface area contributed by atoms with Crippen molar-refractivity contribution in [3.05, 3.63) is 40.4 Å². The first-order valence-corrected chi connectivity index (χ1v) is 10.1. The summed E-state index contributed by atoms with van der Waals surface area (Å²) in [4.78, 5) is 7.04. The molecule has 0 saturated carbocycles. The normalized spacial score (nSPS) is 15.7. The second-order valence-electron chi connectivity index (χ2n) is 7.41. The van der Waals surface area contributed by atoms with Crippen LogP contribution < -0.4 is 4.90 Å². The minimum Gasteiger partial charge on any atom is -0.355 e. The van der Waals surface area contributed by atoms with E-state index in [0.717, 1.165) is 56.1 Å². The van der Waals surface area contributed by atoms with Crippen LogP contribution in [0.3, 0.4) is 0 Å². The third-order valence-electron chi connectivity index (χ3n) is 5.18. The van der Waals surface area contributed by atoms with E-state index < -0.39 is 0 Å². The molecule has 3 rings (SSSR count). The summed E-state index contributed by atoms with van der Waals surface area (Å²) in [5, 5.41) is 9.90. The van der Waals surface area contributed by atoms with E-state index in [-0.39, 0.29) is 0 Å². The van der Waals surface area contributed by atoms with Crippen molar-refractivity contribution >= 4 is 29.0 Å². The molecule has 0 atom stereocenters. The lowest BCUT2D eigenvalue weighted by atomic mass is 10.0. The zero-order valence-corrected chi connectivity index (χ0v) is 17.7. The average Bonchev–Trinajstić information content (AvgIpc) is 2.68. The van der Waals surface area contributed by atoms with Gasteiger partial charge in [-0.05, 0) is 58.3 Å². The van der Waals surface area contributed by atoms with Crippen molar-refractivity contribution in [3.63, 3.8) is 0 Å². The molecule has 0 bridgehead atoms. The summed E-state index contributed by atoms with van der Waals surface area (Å²) in [6, 6.07) is 10.2. The third-order valence-corrected chi connectivity index (χ3v) is 5.92. The van der Waals surface area contributed by atoms with E-state index in [0.29, 0.717) is 16.1 Å². The van der Waals surface area contributed by atoms with Crippen LogP contribution in [-0.4, -0.2) is 73.4 Å². The highest BCUT2D eigenvalue weighted by atomic mass is 35.5. The summed E-state index contributed by atoms with van der Waals surface area (Å²) < 4.78 is 0. The van der Waals surface area contributed by atoms with Gasteiger partial charge < -0.3 is 14.7 Å². The Balaban J connectivity index is 1.58. The van der Waals surface area contributed by atoms with Gasteiger partial charge in [-0.3, -0.25) is 0 Å². The molecule has 2 heterocycles. The number of halogens is 2. The summed E-state index contributed by atoms with van der Waals surface area (Å²) >= 11 is 12.1. The largest absolute Gasteiger partial charge is 0.355 e. The Labute approximate surface area is 171 Å². The fraction of sp³-hybridized carbons (Fsp3) is 0.500. The van der Waals surface area contributed by atoms with E-state index in [1.54, 1.807) is 6.07 Å². The number of hydrogen-bond acceptors (Lipinski definition) is 5. The first-order valence-electron chi connectivity index (χ1n) is 9.33. The van der Waals surface area contributed by atoms with Crippen LogP contribution in [-0.2, 0) is 0 Å². The maximum Gasteiger partial charge on any atom is 0.151 e. The van der Waals surface area contributed by atoms with E-state index in [1.165, 1.54) is 0 Å². The Morgan fingerprint density at radius 1 is 0.963 bits per heavy atom. The lowest BCUT2D eigenvalue weighted by Gasteiger charge is -2.37. The summed E-state index contributed by atoms with van der Waals surface area (Å²) in [5.41, 5.74) is 1.72. The van der Waals surface area contributed by atoms with Gasteiger partial charge in [0.15, 0.2) is 5.82 Å². The fourth-order valence-corrected chi connectivity index (χ4v) is 3.68. The van der Waals surface area contributed by atoms with Crippen LogP contribution >= 0.6 is 23.2 Å². The Bertz CT molecular complexity index is 743. The number of likely N-dealkylation sites (N-methyl/N-ethyl adjacent to an activating group) is 2. The van der Waals surface area contributed by atoms with Crippen LogP contribution in [0.15, 0.2) is 30.3 Å². The molecule has 27 heavy (non-hydrogen) atoms. The van der Waals surface area contributed by atoms with Gasteiger partial charge in [0.2, 0.25) is 0 Å². The lowest BCUT2D eigenvalue weighted by molar-refractivity contribution is 0.190. The van der Waals surface area contributed by atoms with Crippen LogP contribution in [0, 0.1) is 0 Å². The van der Waals surface area contributed by atoms with Crippen molar-refractivity contribution < 1.29 is 0 Å². The molecule has 1 aliphatic rings. The SMILES string of the molecule is CN(C)CCN(C)C1CCN(c2ccc(-c3ccc(Cl)c(Cl)c3)nn2)CC1. The molecule has 2 aromatic rings. The Morgan fingerprint density at radius 2 is 1.70 bits per heavy atom. The number of anilines is 1. The standard InChI is InChI=1S/C20H27Cl2N5/c1-25(2)12-13-26(3)16-8-10-27(11-9-16)20-7-6-19(23-24-20)15-4-5-17(21)18(22)14-15/h4-7,14,16H,8-13H2,1-3H3. The van der Waals surface area contributed by atoms with Crippen molar-refractivity contribution in [2.75, 3.05) is 52.2 Å². The van der Waals surface area contributed by atoms with Crippen molar-refractivity contribution in [1.82, 2.24) is 20.0 Å². The number of nitrogens with zero attached hydrogens (tertiary/aromatic N) is 5. The van der Waals surface area contributed by atoms with E-state index >= 15 is 0 Å². The number of hydrogen-bond donors (Lipinski definition) is 0. The summed E-state index contributed by atoms with van der Waals surface area (Å²) in [6.07, 6.45) is 2.31. The zero-order chi connectivity index (χ0) is 19.4. The first-order chi connectivity index (χ1) is 12.9. The molecule has 7 heteroatoms. The molecule has 1 aromatic heterocycles. The number of aromatic nitrogens is 2. The minimum atomic E-state index is 0.528. The predicted molar refractivity (Wildman–Crippen MR) is 114 cm³/mol. The molecule has 1 aromatic carbocycles. The van der Waals surface area contributed by atoms with Crippen LogP contribution in [0.2, 0.25) is 10.0 Å². The Morgan fingerprint density at radius 3 is 2.30 bits per heavy atom. The number of piperidine rings is 1. The molecular weight excluding hydrogens is 381 g/mol. The Kier molecular flexibility index (Phi) is 6.93. The molecule has 0 unspecified atom stereocenters. The maximum atomic E-state index is 6.10. The van der Waals surface area contributed by atoms with Gasteiger partial charge in [-0.2, -0.15) is 0 Å². The molecule has 1 aliphatic heterocycles. The third kappa shape index (κ3) is 5.32. The van der Waals surface area contributed by atoms with Gasteiger partial charge in [-0.1, -0.05) is 29.3 Å². The first kappa shape index (κ1) is 20.3. The summed E-state index contributed by atoms with van der Waals surface area (Å²) in [5.74, 6) is 0.938. The lowest BCUT2D eigenvalue weighted by Crippen LogP contribution is -2.45. The minimum absolute atomic E-state index is 0.528. The monoisotopic (exact) mass is 407 g/mol. The van der Waals surface area contributed by atoms with Crippen molar-refractivity contribution in [1.29, 1.82) is 0 Å². The molecule has 146 valence electrons. The molecule has 0 spiro atoms. The highest BCUT2D eigenvalue weighted by Crippen LogP contribution is 2.28. The smallest absolute Gasteiger partial charge is 0.151 e. The van der Waals surface area contributed by atoms with Gasteiger partial charge in [-0.15, -0.1) is 10.2 Å². The molecule has 0 aliphatic carbocycles. The topological polar surface area (TPSA) is 35.5 Å². The van der Waals surface area contributed by atoms with Gasteiger partial charge in [0.25, 0.3) is 0 Å². The molecular formula is C20H27Cl2N5. The Hall–Kier alpha value is -1.40. The quantitative estimate of drug-likeness (QED) is 0.724. The molecule has 5 nitrogen and oxygen atoms in total. The highest BCUT2D eigenvalue weighted by Gasteiger charge is 2.23. The van der Waals surface area contributed by atoms with Crippen molar-refractivity contribution in [2.24, 2.45) is 0 Å². The average molecular weight is 408 g/mol. The fourth-order valence-electron chi connectivity index (χ4n) is 3.38. The molecule has 0 N–H and O–H groups in total. The van der Waals surface area contributed by atoms with Gasteiger partial charge in [0.05, 0.1) is 15.7 Å². The second-order valence-corrected chi connectivity index (χ2v) is 8.22. The second kappa shape index (κ2) is 9.20. The number of benzene rings is 1. The molecule has 0 amide bonds. The maximum absolute atomic E-state index is 6.10.